The van der Waals surface area contributed by atoms with E-state index in [4.69, 9.17) is 0 Å². The largest absolute Gasteiger partial charge is 0.312 e. The van der Waals surface area contributed by atoms with Crippen LogP contribution in [0.4, 0.5) is 8.78 Å². The maximum atomic E-state index is 13.3. The predicted octanol–water partition coefficient (Wildman–Crippen LogP) is 3.24. The predicted molar refractivity (Wildman–Crippen MR) is 60.0 cm³/mol. The maximum Gasteiger partial charge on any atom is 0.130 e. The van der Waals surface area contributed by atoms with E-state index in [1.807, 2.05) is 0 Å². The van der Waals surface area contributed by atoms with E-state index in [-0.39, 0.29) is 0 Å². The van der Waals surface area contributed by atoms with Gasteiger partial charge in [-0.05, 0) is 24.3 Å². The molecule has 1 aliphatic rings. The van der Waals surface area contributed by atoms with Crippen LogP contribution >= 0.6 is 0 Å². The van der Waals surface area contributed by atoms with Gasteiger partial charge in [-0.25, -0.2) is 8.78 Å². The fraction of sp³-hybridized carbons (Fsp3) is 0.538. The average molecular weight is 225 g/mol. The van der Waals surface area contributed by atoms with Crippen molar-refractivity contribution in [3.63, 3.8) is 0 Å². The first-order valence-electron chi connectivity index (χ1n) is 5.74. The van der Waals surface area contributed by atoms with E-state index in [0.717, 1.165) is 12.6 Å². The molecule has 1 saturated carbocycles. The van der Waals surface area contributed by atoms with Crippen LogP contribution in [0, 0.1) is 17.0 Å². The fourth-order valence-electron chi connectivity index (χ4n) is 2.12. The molecule has 1 nitrogen and oxygen atoms in total. The van der Waals surface area contributed by atoms with Crippen LogP contribution in [-0.2, 0) is 6.54 Å². The normalized spacial score (nSPS) is 18.2. The van der Waals surface area contributed by atoms with E-state index in [2.05, 4.69) is 12.2 Å². The maximum absolute atomic E-state index is 13.3. The summed E-state index contributed by atoms with van der Waals surface area (Å²) in [4.78, 5) is 0. The number of nitrogens with one attached hydrogen (secondary N) is 1. The van der Waals surface area contributed by atoms with Gasteiger partial charge in [0.2, 0.25) is 0 Å². The smallest absolute Gasteiger partial charge is 0.130 e. The van der Waals surface area contributed by atoms with Gasteiger partial charge in [0.1, 0.15) is 11.6 Å². The highest BCUT2D eigenvalue weighted by Gasteiger charge is 2.30. The second-order valence-corrected chi connectivity index (χ2v) is 5.00. The molecule has 0 amide bonds. The van der Waals surface area contributed by atoms with Gasteiger partial charge >= 0.3 is 0 Å². The molecule has 1 aromatic rings. The van der Waals surface area contributed by atoms with E-state index >= 15 is 0 Å². The highest BCUT2D eigenvalue weighted by Crippen LogP contribution is 2.39. The van der Waals surface area contributed by atoms with Crippen LogP contribution in [-0.4, -0.2) is 6.54 Å². The van der Waals surface area contributed by atoms with Crippen molar-refractivity contribution in [2.45, 2.75) is 32.7 Å². The van der Waals surface area contributed by atoms with Crippen molar-refractivity contribution in [3.05, 3.63) is 35.4 Å². The minimum Gasteiger partial charge on any atom is -0.312 e. The Balaban J connectivity index is 1.85. The SMILES string of the molecule is CC1(CNCc2ccc(F)cc2F)CCC1. The number of halogens is 2. The highest BCUT2D eigenvalue weighted by molar-refractivity contribution is 5.18. The van der Waals surface area contributed by atoms with Crippen LogP contribution in [0.2, 0.25) is 0 Å². The quantitative estimate of drug-likeness (QED) is 0.829. The zero-order chi connectivity index (χ0) is 11.6. The van der Waals surface area contributed by atoms with E-state index in [1.165, 1.54) is 31.4 Å². The molecule has 0 spiro atoms. The van der Waals surface area contributed by atoms with Gasteiger partial charge in [-0.1, -0.05) is 19.4 Å². The molecule has 1 fully saturated rings. The van der Waals surface area contributed by atoms with E-state index in [1.54, 1.807) is 0 Å². The standard InChI is InChI=1S/C13H17F2N/c1-13(5-2-6-13)9-16-8-10-3-4-11(14)7-12(10)15/h3-4,7,16H,2,5-6,8-9H2,1H3. The van der Waals surface area contributed by atoms with Crippen LogP contribution in [0.25, 0.3) is 0 Å². The topological polar surface area (TPSA) is 12.0 Å². The van der Waals surface area contributed by atoms with Crippen LogP contribution in [0.3, 0.4) is 0 Å². The molecule has 2 rings (SSSR count). The van der Waals surface area contributed by atoms with Crippen molar-refractivity contribution < 1.29 is 8.78 Å². The molecule has 3 heteroatoms. The van der Waals surface area contributed by atoms with Crippen molar-refractivity contribution in [2.24, 2.45) is 5.41 Å². The first kappa shape index (κ1) is 11.5. The van der Waals surface area contributed by atoms with Crippen molar-refractivity contribution >= 4 is 0 Å². The van der Waals surface area contributed by atoms with E-state index in [0.29, 0.717) is 17.5 Å². The van der Waals surface area contributed by atoms with Gasteiger partial charge in [0, 0.05) is 24.7 Å². The molecule has 0 unspecified atom stereocenters. The van der Waals surface area contributed by atoms with Crippen LogP contribution in [0.15, 0.2) is 18.2 Å². The lowest BCUT2D eigenvalue weighted by Crippen LogP contribution is -2.37. The van der Waals surface area contributed by atoms with Crippen molar-refractivity contribution in [1.29, 1.82) is 0 Å². The van der Waals surface area contributed by atoms with Gasteiger partial charge in [-0.3, -0.25) is 0 Å². The summed E-state index contributed by atoms with van der Waals surface area (Å²) in [6.45, 7) is 3.62. The summed E-state index contributed by atoms with van der Waals surface area (Å²) in [5.74, 6) is -0.988. The van der Waals surface area contributed by atoms with E-state index in [9.17, 15) is 8.78 Å². The minimum absolute atomic E-state index is 0.385. The van der Waals surface area contributed by atoms with Gasteiger partial charge in [-0.2, -0.15) is 0 Å². The summed E-state index contributed by atoms with van der Waals surface area (Å²) in [6, 6.07) is 3.73. The summed E-state index contributed by atoms with van der Waals surface area (Å²) in [5.41, 5.74) is 0.917. The number of rotatable bonds is 4. The molecule has 0 bridgehead atoms. The summed E-state index contributed by atoms with van der Waals surface area (Å²) >= 11 is 0. The van der Waals surface area contributed by atoms with Gasteiger partial charge in [0.25, 0.3) is 0 Å². The van der Waals surface area contributed by atoms with Crippen molar-refractivity contribution in [1.82, 2.24) is 5.32 Å². The Morgan fingerprint density at radius 2 is 2.06 bits per heavy atom. The molecular weight excluding hydrogens is 208 g/mol. The van der Waals surface area contributed by atoms with Gasteiger partial charge in [0.15, 0.2) is 0 Å². The lowest BCUT2D eigenvalue weighted by Gasteiger charge is -2.38. The molecule has 0 radical (unpaired) electrons. The second kappa shape index (κ2) is 4.50. The third-order valence-electron chi connectivity index (χ3n) is 3.44. The van der Waals surface area contributed by atoms with Crippen LogP contribution < -0.4 is 5.32 Å². The minimum atomic E-state index is -0.521. The molecule has 0 aromatic heterocycles. The summed E-state index contributed by atoms with van der Waals surface area (Å²) in [7, 11) is 0. The molecule has 0 heterocycles. The zero-order valence-corrected chi connectivity index (χ0v) is 9.52. The Labute approximate surface area is 94.9 Å². The van der Waals surface area contributed by atoms with Crippen molar-refractivity contribution in [2.75, 3.05) is 6.54 Å². The molecular formula is C13H17F2N. The number of hydrogen-bond donors (Lipinski definition) is 1. The molecule has 1 aliphatic carbocycles. The Morgan fingerprint density at radius 3 is 2.62 bits per heavy atom. The Bertz CT molecular complexity index is 372. The Morgan fingerprint density at radius 1 is 1.31 bits per heavy atom. The van der Waals surface area contributed by atoms with Crippen molar-refractivity contribution in [3.8, 4) is 0 Å². The number of hydrogen-bond acceptors (Lipinski definition) is 1. The molecule has 16 heavy (non-hydrogen) atoms. The summed E-state index contributed by atoms with van der Waals surface area (Å²) in [5, 5.41) is 3.24. The lowest BCUT2D eigenvalue weighted by molar-refractivity contribution is 0.156. The molecule has 1 aromatic carbocycles. The average Bonchev–Trinajstić information content (AvgIpc) is 2.19. The fourth-order valence-corrected chi connectivity index (χ4v) is 2.12. The molecule has 88 valence electrons. The lowest BCUT2D eigenvalue weighted by atomic mass is 9.70. The summed E-state index contributed by atoms with van der Waals surface area (Å²) in [6.07, 6.45) is 3.78. The first-order valence-corrected chi connectivity index (χ1v) is 5.74. The van der Waals surface area contributed by atoms with Crippen LogP contribution in [0.5, 0.6) is 0 Å². The molecule has 0 atom stereocenters. The highest BCUT2D eigenvalue weighted by atomic mass is 19.1. The third-order valence-corrected chi connectivity index (χ3v) is 3.44. The molecule has 1 N–H and O–H groups in total. The van der Waals surface area contributed by atoms with Gasteiger partial charge < -0.3 is 5.32 Å². The molecule has 0 saturated heterocycles. The Kier molecular flexibility index (Phi) is 3.24. The van der Waals surface area contributed by atoms with E-state index < -0.39 is 11.6 Å². The second-order valence-electron chi connectivity index (χ2n) is 5.00. The molecule has 0 aliphatic heterocycles. The van der Waals surface area contributed by atoms with Crippen LogP contribution in [0.1, 0.15) is 31.7 Å². The third kappa shape index (κ3) is 2.59. The Hall–Kier alpha value is -0.960. The van der Waals surface area contributed by atoms with Gasteiger partial charge in [0.05, 0.1) is 0 Å². The zero-order valence-electron chi connectivity index (χ0n) is 9.52. The van der Waals surface area contributed by atoms with Gasteiger partial charge in [-0.15, -0.1) is 0 Å². The summed E-state index contributed by atoms with van der Waals surface area (Å²) < 4.78 is 25.9. The monoisotopic (exact) mass is 225 g/mol. The first-order chi connectivity index (χ1) is 7.59. The number of benzene rings is 1.